The molecule has 1 aliphatic rings. The highest BCUT2D eigenvalue weighted by atomic mass is 35.5. The van der Waals surface area contributed by atoms with Gasteiger partial charge in [0.05, 0.1) is 4.70 Å². The minimum atomic E-state index is -2.12. The van der Waals surface area contributed by atoms with Gasteiger partial charge >= 0.3 is 4.87 Å². The standard InChI is InChI=1S/C22H27N3O4S.2ClH/c26-18-7-6-17(20-19(18)24-21(27)30-20)13-22(28,29)23-9-8-15-4-3-5-16(12-15)14-25-10-1-2-11-25;;/h3-7,12,23,26,28-29H,1-2,8-11,13-14H2,(H,24,27);2*1H. The molecule has 0 unspecified atom stereocenters. The van der Waals surface area contributed by atoms with Gasteiger partial charge in [-0.1, -0.05) is 41.7 Å². The third kappa shape index (κ3) is 6.68. The van der Waals surface area contributed by atoms with Crippen molar-refractivity contribution in [2.45, 2.75) is 38.1 Å². The summed E-state index contributed by atoms with van der Waals surface area (Å²) in [5, 5.41) is 33.5. The molecule has 1 fully saturated rings. The fraction of sp³-hybridized carbons (Fsp3) is 0.409. The molecule has 0 spiro atoms. The third-order valence-corrected chi connectivity index (χ3v) is 6.45. The summed E-state index contributed by atoms with van der Waals surface area (Å²) >= 11 is 0.944. The Morgan fingerprint density at radius 1 is 1.09 bits per heavy atom. The van der Waals surface area contributed by atoms with Crippen molar-refractivity contribution in [1.82, 2.24) is 15.2 Å². The number of nitrogens with zero attached hydrogens (tertiary/aromatic N) is 1. The fourth-order valence-corrected chi connectivity index (χ4v) is 4.90. The molecule has 1 aliphatic heterocycles. The van der Waals surface area contributed by atoms with Gasteiger partial charge in [0.1, 0.15) is 11.3 Å². The predicted molar refractivity (Wildman–Crippen MR) is 132 cm³/mol. The summed E-state index contributed by atoms with van der Waals surface area (Å²) in [7, 11) is 0. The number of aromatic amines is 1. The number of aromatic hydroxyl groups is 1. The zero-order valence-electron chi connectivity index (χ0n) is 17.5. The number of aromatic nitrogens is 1. The molecule has 32 heavy (non-hydrogen) atoms. The molecule has 4 rings (SSSR count). The number of phenols is 1. The third-order valence-electron chi connectivity index (χ3n) is 5.49. The maximum absolute atomic E-state index is 11.6. The van der Waals surface area contributed by atoms with Crippen LogP contribution in [0.5, 0.6) is 5.75 Å². The highest BCUT2D eigenvalue weighted by Crippen LogP contribution is 2.29. The number of phenolic OH excluding ortho intramolecular Hbond substituents is 1. The van der Waals surface area contributed by atoms with Gasteiger partial charge in [-0.15, -0.1) is 24.8 Å². The molecular weight excluding hydrogens is 473 g/mol. The van der Waals surface area contributed by atoms with E-state index >= 15 is 0 Å². The lowest BCUT2D eigenvalue weighted by Crippen LogP contribution is -2.47. The van der Waals surface area contributed by atoms with Crippen molar-refractivity contribution < 1.29 is 15.3 Å². The average molecular weight is 502 g/mol. The fourth-order valence-electron chi connectivity index (χ4n) is 4.03. The van der Waals surface area contributed by atoms with E-state index in [0.717, 1.165) is 36.5 Å². The Labute approximate surface area is 202 Å². The van der Waals surface area contributed by atoms with Crippen molar-refractivity contribution in [2.75, 3.05) is 19.6 Å². The number of hydrogen-bond acceptors (Lipinski definition) is 7. The van der Waals surface area contributed by atoms with Crippen LogP contribution in [0.1, 0.15) is 29.5 Å². The topological polar surface area (TPSA) is 109 Å². The minimum Gasteiger partial charge on any atom is -0.506 e. The molecule has 5 N–H and O–H groups in total. The van der Waals surface area contributed by atoms with Crippen LogP contribution >= 0.6 is 36.2 Å². The monoisotopic (exact) mass is 501 g/mol. The van der Waals surface area contributed by atoms with E-state index in [1.807, 2.05) is 12.1 Å². The number of halogens is 2. The van der Waals surface area contributed by atoms with Gasteiger partial charge in [-0.25, -0.2) is 0 Å². The summed E-state index contributed by atoms with van der Waals surface area (Å²) in [4.78, 5) is 16.4. The Balaban J connectivity index is 0.00000181. The smallest absolute Gasteiger partial charge is 0.305 e. The number of rotatable bonds is 8. The lowest BCUT2D eigenvalue weighted by atomic mass is 10.1. The van der Waals surface area contributed by atoms with Crippen LogP contribution in [0.25, 0.3) is 10.2 Å². The summed E-state index contributed by atoms with van der Waals surface area (Å²) in [6, 6.07) is 11.5. The molecule has 2 heterocycles. The summed E-state index contributed by atoms with van der Waals surface area (Å²) in [6.45, 7) is 3.67. The Bertz CT molecular complexity index is 1080. The summed E-state index contributed by atoms with van der Waals surface area (Å²) < 4.78 is 0.531. The van der Waals surface area contributed by atoms with E-state index in [9.17, 15) is 20.1 Å². The molecule has 0 amide bonds. The first-order valence-corrected chi connectivity index (χ1v) is 11.0. The highest BCUT2D eigenvalue weighted by molar-refractivity contribution is 7.16. The molecule has 2 aromatic carbocycles. The second-order valence-electron chi connectivity index (χ2n) is 7.94. The number of aliphatic hydroxyl groups is 2. The van der Waals surface area contributed by atoms with Crippen LogP contribution in [0.4, 0.5) is 0 Å². The molecule has 1 aromatic heterocycles. The van der Waals surface area contributed by atoms with Crippen LogP contribution in [-0.2, 0) is 19.4 Å². The van der Waals surface area contributed by atoms with Crippen molar-refractivity contribution in [3.05, 3.63) is 62.8 Å². The summed E-state index contributed by atoms with van der Waals surface area (Å²) in [5.74, 6) is -2.15. The first-order valence-electron chi connectivity index (χ1n) is 10.2. The molecule has 3 aromatic rings. The van der Waals surface area contributed by atoms with E-state index in [2.05, 4.69) is 27.3 Å². The lowest BCUT2D eigenvalue weighted by molar-refractivity contribution is -0.183. The van der Waals surface area contributed by atoms with Gasteiger partial charge in [0.15, 0.2) is 0 Å². The van der Waals surface area contributed by atoms with Crippen LogP contribution in [0.3, 0.4) is 0 Å². The van der Waals surface area contributed by atoms with E-state index < -0.39 is 5.91 Å². The van der Waals surface area contributed by atoms with Crippen molar-refractivity contribution in [3.63, 3.8) is 0 Å². The van der Waals surface area contributed by atoms with Gasteiger partial charge in [0, 0.05) is 19.5 Å². The lowest BCUT2D eigenvalue weighted by Gasteiger charge is -2.23. The summed E-state index contributed by atoms with van der Waals surface area (Å²) in [5.41, 5.74) is 3.33. The predicted octanol–water partition coefficient (Wildman–Crippen LogP) is 2.75. The quantitative estimate of drug-likeness (QED) is 0.303. The Hall–Kier alpha value is -1.65. The normalized spacial score (nSPS) is 14.3. The summed E-state index contributed by atoms with van der Waals surface area (Å²) in [6.07, 6.45) is 3.10. The van der Waals surface area contributed by atoms with Crippen molar-refractivity contribution >= 4 is 46.4 Å². The van der Waals surface area contributed by atoms with E-state index in [1.165, 1.54) is 24.5 Å². The van der Waals surface area contributed by atoms with Crippen LogP contribution in [0.15, 0.2) is 41.2 Å². The van der Waals surface area contributed by atoms with E-state index in [-0.39, 0.29) is 41.9 Å². The molecule has 0 aliphatic carbocycles. The molecule has 0 radical (unpaired) electrons. The maximum Gasteiger partial charge on any atom is 0.305 e. The van der Waals surface area contributed by atoms with Gasteiger partial charge in [-0.3, -0.25) is 15.0 Å². The first-order chi connectivity index (χ1) is 14.4. The largest absolute Gasteiger partial charge is 0.506 e. The van der Waals surface area contributed by atoms with Crippen molar-refractivity contribution in [3.8, 4) is 5.75 Å². The zero-order chi connectivity index (χ0) is 21.1. The van der Waals surface area contributed by atoms with E-state index in [0.29, 0.717) is 28.7 Å². The Morgan fingerprint density at radius 3 is 2.56 bits per heavy atom. The molecule has 0 bridgehead atoms. The SMILES string of the molecule is Cl.Cl.O=c1[nH]c2c(O)ccc(CC(O)(O)NCCc3cccc(CN4CCCC4)c3)c2s1. The molecule has 0 saturated carbocycles. The molecule has 10 heteroatoms. The van der Waals surface area contributed by atoms with Crippen molar-refractivity contribution in [1.29, 1.82) is 0 Å². The second-order valence-corrected chi connectivity index (χ2v) is 8.92. The molecule has 0 atom stereocenters. The van der Waals surface area contributed by atoms with Crippen LogP contribution in [-0.4, -0.2) is 50.7 Å². The number of benzene rings is 2. The maximum atomic E-state index is 11.6. The number of H-pyrrole nitrogens is 1. The highest BCUT2D eigenvalue weighted by Gasteiger charge is 2.25. The van der Waals surface area contributed by atoms with Crippen LogP contribution in [0.2, 0.25) is 0 Å². The van der Waals surface area contributed by atoms with Crippen molar-refractivity contribution in [2.24, 2.45) is 0 Å². The molecule has 1 saturated heterocycles. The number of likely N-dealkylation sites (tertiary alicyclic amines) is 1. The van der Waals surface area contributed by atoms with E-state index in [4.69, 9.17) is 0 Å². The molecular formula is C22H29Cl2N3O4S. The van der Waals surface area contributed by atoms with Gasteiger partial charge in [0.25, 0.3) is 0 Å². The zero-order valence-corrected chi connectivity index (χ0v) is 20.0. The number of fused-ring (bicyclic) bond motifs is 1. The van der Waals surface area contributed by atoms with Gasteiger partial charge in [-0.2, -0.15) is 0 Å². The molecule has 176 valence electrons. The van der Waals surface area contributed by atoms with Gasteiger partial charge in [-0.05, 0) is 55.1 Å². The van der Waals surface area contributed by atoms with Gasteiger partial charge < -0.3 is 20.3 Å². The Morgan fingerprint density at radius 2 is 1.81 bits per heavy atom. The Kier molecular flexibility index (Phi) is 9.53. The van der Waals surface area contributed by atoms with Crippen LogP contribution in [0, 0.1) is 0 Å². The van der Waals surface area contributed by atoms with E-state index in [1.54, 1.807) is 6.07 Å². The number of thiazole rings is 1. The number of nitrogens with one attached hydrogen (secondary N) is 2. The van der Waals surface area contributed by atoms with Gasteiger partial charge in [0.2, 0.25) is 5.91 Å². The molecule has 7 nitrogen and oxygen atoms in total. The second kappa shape index (κ2) is 11.5. The first kappa shape index (κ1) is 26.6. The minimum absolute atomic E-state index is 0. The number of hydrogen-bond donors (Lipinski definition) is 5. The van der Waals surface area contributed by atoms with Crippen LogP contribution < -0.4 is 10.2 Å². The average Bonchev–Trinajstić information content (AvgIpc) is 3.34.